The molecule has 1 N–H and O–H groups in total. The molecule has 19 heavy (non-hydrogen) atoms. The van der Waals surface area contributed by atoms with Crippen molar-refractivity contribution in [2.45, 2.75) is 32.6 Å². The number of aryl methyl sites for hydroxylation is 1. The number of carbonyl (C=O) groups excluding carboxylic acids is 1. The van der Waals surface area contributed by atoms with Gasteiger partial charge in [0, 0.05) is 22.1 Å². The first-order valence-electron chi connectivity index (χ1n) is 6.29. The summed E-state index contributed by atoms with van der Waals surface area (Å²) in [6.07, 6.45) is 1.39. The van der Waals surface area contributed by atoms with Gasteiger partial charge in [0.05, 0.1) is 16.7 Å². The Balaban J connectivity index is 2.35. The van der Waals surface area contributed by atoms with E-state index in [1.165, 1.54) is 4.88 Å². The Morgan fingerprint density at radius 3 is 2.95 bits per heavy atom. The van der Waals surface area contributed by atoms with Gasteiger partial charge >= 0.3 is 0 Å². The van der Waals surface area contributed by atoms with Crippen LogP contribution in [0.25, 0.3) is 0 Å². The highest BCUT2D eigenvalue weighted by Gasteiger charge is 2.30. The molecule has 5 heteroatoms. The zero-order valence-electron chi connectivity index (χ0n) is 11.0. The van der Waals surface area contributed by atoms with Crippen LogP contribution in [0.2, 0.25) is 0 Å². The number of rotatable bonds is 4. The first-order chi connectivity index (χ1) is 9.15. The monoisotopic (exact) mass is 292 g/mol. The maximum Gasteiger partial charge on any atom is 0.225 e. The second-order valence-electron chi connectivity index (χ2n) is 4.46. The van der Waals surface area contributed by atoms with Gasteiger partial charge in [-0.25, -0.2) is 0 Å². The van der Waals surface area contributed by atoms with Gasteiger partial charge in [-0.15, -0.1) is 23.1 Å². The van der Waals surface area contributed by atoms with Gasteiger partial charge in [-0.1, -0.05) is 6.92 Å². The molecule has 0 aromatic carbocycles. The molecule has 0 aliphatic carbocycles. The zero-order chi connectivity index (χ0) is 13.8. The summed E-state index contributed by atoms with van der Waals surface area (Å²) >= 11 is 3.24. The van der Waals surface area contributed by atoms with E-state index < -0.39 is 0 Å². The lowest BCUT2D eigenvalue weighted by atomic mass is 9.92. The van der Waals surface area contributed by atoms with Crippen LogP contribution in [0.5, 0.6) is 0 Å². The Labute approximate surface area is 121 Å². The summed E-state index contributed by atoms with van der Waals surface area (Å²) in [7, 11) is 0. The molecular weight excluding hydrogens is 276 g/mol. The third-order valence-electron chi connectivity index (χ3n) is 2.91. The van der Waals surface area contributed by atoms with Gasteiger partial charge in [-0.2, -0.15) is 5.26 Å². The molecule has 1 aromatic heterocycles. The highest BCUT2D eigenvalue weighted by molar-refractivity contribution is 8.03. The van der Waals surface area contributed by atoms with Crippen LogP contribution < -0.4 is 5.32 Å². The van der Waals surface area contributed by atoms with Crippen molar-refractivity contribution in [3.05, 3.63) is 32.5 Å². The molecule has 100 valence electrons. The number of hydrogen-bond acceptors (Lipinski definition) is 4. The standard InChI is InChI=1S/C14H16N2OS2/c1-3-6-18-14-11(8-15)10(7-13(17)16-14)12-5-4-9(2)19-12/h4-5,10H,3,6-7H2,1-2H3,(H,16,17)/t10-/m1/s1. The Hall–Kier alpha value is -1.25. The largest absolute Gasteiger partial charge is 0.320 e. The molecule has 1 aromatic rings. The molecule has 2 heterocycles. The van der Waals surface area contributed by atoms with Gasteiger partial charge in [0.25, 0.3) is 0 Å². The summed E-state index contributed by atoms with van der Waals surface area (Å²) in [6, 6.07) is 6.36. The fraction of sp³-hybridized carbons (Fsp3) is 0.429. The molecule has 0 spiro atoms. The van der Waals surface area contributed by atoms with Crippen molar-refractivity contribution in [2.24, 2.45) is 0 Å². The fourth-order valence-electron chi connectivity index (χ4n) is 2.02. The number of hydrogen-bond donors (Lipinski definition) is 1. The number of carbonyl (C=O) groups is 1. The molecule has 0 bridgehead atoms. The molecule has 3 nitrogen and oxygen atoms in total. The molecule has 1 aliphatic rings. The van der Waals surface area contributed by atoms with Crippen LogP contribution in [0.1, 0.15) is 35.4 Å². The minimum Gasteiger partial charge on any atom is -0.320 e. The second-order valence-corrected chi connectivity index (χ2v) is 6.88. The molecule has 0 saturated heterocycles. The summed E-state index contributed by atoms with van der Waals surface area (Å²) in [5.74, 6) is 0.849. The maximum absolute atomic E-state index is 11.8. The number of thiophene rings is 1. The lowest BCUT2D eigenvalue weighted by Gasteiger charge is -2.23. The minimum atomic E-state index is -0.0724. The Morgan fingerprint density at radius 1 is 1.58 bits per heavy atom. The Morgan fingerprint density at radius 2 is 2.37 bits per heavy atom. The van der Waals surface area contributed by atoms with E-state index in [0.717, 1.165) is 22.1 Å². The van der Waals surface area contributed by atoms with Crippen LogP contribution in [-0.2, 0) is 4.79 Å². The van der Waals surface area contributed by atoms with Crippen LogP contribution in [0.3, 0.4) is 0 Å². The number of nitriles is 1. The zero-order valence-corrected chi connectivity index (χ0v) is 12.7. The first-order valence-corrected chi connectivity index (χ1v) is 8.09. The summed E-state index contributed by atoms with van der Waals surface area (Å²) < 4.78 is 0. The van der Waals surface area contributed by atoms with Crippen LogP contribution in [0.15, 0.2) is 22.7 Å². The average Bonchev–Trinajstić information content (AvgIpc) is 2.82. The summed E-state index contributed by atoms with van der Waals surface area (Å²) in [5, 5.41) is 13.0. The van der Waals surface area contributed by atoms with Crippen LogP contribution in [-0.4, -0.2) is 11.7 Å². The fourth-order valence-corrected chi connectivity index (χ4v) is 3.95. The predicted octanol–water partition coefficient (Wildman–Crippen LogP) is 3.54. The van der Waals surface area contributed by atoms with E-state index in [9.17, 15) is 10.1 Å². The van der Waals surface area contributed by atoms with Crippen LogP contribution >= 0.6 is 23.1 Å². The number of allylic oxidation sites excluding steroid dienone is 1. The Bertz CT molecular complexity index is 554. The predicted molar refractivity (Wildman–Crippen MR) is 79.9 cm³/mol. The number of amides is 1. The van der Waals surface area contributed by atoms with Gasteiger partial charge in [0.15, 0.2) is 0 Å². The van der Waals surface area contributed by atoms with E-state index in [0.29, 0.717) is 12.0 Å². The van der Waals surface area contributed by atoms with Crippen LogP contribution in [0.4, 0.5) is 0 Å². The number of nitrogens with zero attached hydrogens (tertiary/aromatic N) is 1. The van der Waals surface area contributed by atoms with Gasteiger partial charge in [-0.05, 0) is 31.2 Å². The number of nitrogens with one attached hydrogen (secondary N) is 1. The minimum absolute atomic E-state index is 0.00801. The van der Waals surface area contributed by atoms with Crippen LogP contribution in [0, 0.1) is 18.3 Å². The van der Waals surface area contributed by atoms with Gasteiger partial charge in [0.1, 0.15) is 0 Å². The molecule has 1 atom stereocenters. The van der Waals surface area contributed by atoms with Gasteiger partial charge in [-0.3, -0.25) is 4.79 Å². The molecular formula is C14H16N2OS2. The molecule has 1 aliphatic heterocycles. The van der Waals surface area contributed by atoms with Crippen molar-refractivity contribution >= 4 is 29.0 Å². The summed E-state index contributed by atoms with van der Waals surface area (Å²) in [6.45, 7) is 4.13. The third-order valence-corrected chi connectivity index (χ3v) is 5.25. The quantitative estimate of drug-likeness (QED) is 0.923. The third kappa shape index (κ3) is 3.20. The van der Waals surface area contributed by atoms with Crippen molar-refractivity contribution in [2.75, 3.05) is 5.75 Å². The van der Waals surface area contributed by atoms with E-state index in [4.69, 9.17) is 0 Å². The highest BCUT2D eigenvalue weighted by Crippen LogP contribution is 2.38. The van der Waals surface area contributed by atoms with E-state index in [2.05, 4.69) is 18.3 Å². The summed E-state index contributed by atoms with van der Waals surface area (Å²) in [4.78, 5) is 14.1. The van der Waals surface area contributed by atoms with E-state index in [-0.39, 0.29) is 11.8 Å². The van der Waals surface area contributed by atoms with Crippen molar-refractivity contribution in [1.82, 2.24) is 5.32 Å². The molecule has 2 rings (SSSR count). The topological polar surface area (TPSA) is 52.9 Å². The smallest absolute Gasteiger partial charge is 0.225 e. The highest BCUT2D eigenvalue weighted by atomic mass is 32.2. The lowest BCUT2D eigenvalue weighted by molar-refractivity contribution is -0.120. The molecule has 0 fully saturated rings. The van der Waals surface area contributed by atoms with Crippen molar-refractivity contribution in [3.8, 4) is 6.07 Å². The van der Waals surface area contributed by atoms with Crippen molar-refractivity contribution in [1.29, 1.82) is 5.26 Å². The molecule has 0 unspecified atom stereocenters. The van der Waals surface area contributed by atoms with E-state index >= 15 is 0 Å². The second kappa shape index (κ2) is 6.27. The average molecular weight is 292 g/mol. The van der Waals surface area contributed by atoms with Crippen molar-refractivity contribution < 1.29 is 4.79 Å². The first kappa shape index (κ1) is 14.2. The van der Waals surface area contributed by atoms with Gasteiger partial charge < -0.3 is 5.32 Å². The normalized spacial score (nSPS) is 19.2. The lowest BCUT2D eigenvalue weighted by Crippen LogP contribution is -2.30. The van der Waals surface area contributed by atoms with Gasteiger partial charge in [0.2, 0.25) is 5.91 Å². The summed E-state index contributed by atoms with van der Waals surface area (Å²) in [5.41, 5.74) is 0.708. The molecule has 0 saturated carbocycles. The maximum atomic E-state index is 11.8. The molecule has 1 amide bonds. The van der Waals surface area contributed by atoms with E-state index in [1.54, 1.807) is 23.1 Å². The SMILES string of the molecule is CCCSC1=C(C#N)[C@H](c2ccc(C)s2)CC(=O)N1. The molecule has 0 radical (unpaired) electrons. The van der Waals surface area contributed by atoms with Crippen molar-refractivity contribution in [3.63, 3.8) is 0 Å². The van der Waals surface area contributed by atoms with E-state index in [1.807, 2.05) is 19.1 Å². The Kier molecular flexibility index (Phi) is 4.67. The number of thioether (sulfide) groups is 1.